The van der Waals surface area contributed by atoms with Gasteiger partial charge in [-0.05, 0) is 35.5 Å². The van der Waals surface area contributed by atoms with Crippen molar-refractivity contribution in [1.82, 2.24) is 25.1 Å². The molecule has 0 saturated carbocycles. The number of hydrogen-bond acceptors (Lipinski definition) is 5. The van der Waals surface area contributed by atoms with Crippen molar-refractivity contribution in [3.8, 4) is 11.4 Å². The van der Waals surface area contributed by atoms with Gasteiger partial charge in [-0.15, -0.1) is 10.2 Å². The van der Waals surface area contributed by atoms with Crippen molar-refractivity contribution >= 4 is 17.5 Å². The lowest BCUT2D eigenvalue weighted by atomic mass is 10.1. The molecule has 156 valence electrons. The molecule has 0 aliphatic heterocycles. The highest BCUT2D eigenvalue weighted by atomic mass is 19.4. The van der Waals surface area contributed by atoms with Crippen molar-refractivity contribution in [2.24, 2.45) is 0 Å². The second-order valence-electron chi connectivity index (χ2n) is 6.55. The second kappa shape index (κ2) is 8.31. The standard InChI is InChI=1S/C19H17F3N6O2/c1-27(2)18(30)13-6-4-8-15(10-13)23-16(29)11-28-25-17(24-26-28)12-5-3-7-14(9-12)19(20,21)22/h3-10H,11H2,1-2H3,(H,23,29). The number of amides is 2. The number of carbonyl (C=O) groups excluding carboxylic acids is 2. The van der Waals surface area contributed by atoms with Crippen LogP contribution in [0.15, 0.2) is 48.5 Å². The molecule has 3 rings (SSSR count). The normalized spacial score (nSPS) is 11.2. The summed E-state index contributed by atoms with van der Waals surface area (Å²) in [5.74, 6) is -0.736. The third kappa shape index (κ3) is 4.99. The molecule has 2 aromatic carbocycles. The van der Waals surface area contributed by atoms with Crippen LogP contribution < -0.4 is 5.32 Å². The number of halogens is 3. The summed E-state index contributed by atoms with van der Waals surface area (Å²) in [5, 5.41) is 14.0. The maximum absolute atomic E-state index is 12.9. The summed E-state index contributed by atoms with van der Waals surface area (Å²) in [7, 11) is 3.23. The van der Waals surface area contributed by atoms with Crippen molar-refractivity contribution in [1.29, 1.82) is 0 Å². The Hall–Kier alpha value is -3.76. The summed E-state index contributed by atoms with van der Waals surface area (Å²) >= 11 is 0. The monoisotopic (exact) mass is 418 g/mol. The van der Waals surface area contributed by atoms with Gasteiger partial charge in [-0.2, -0.15) is 18.0 Å². The van der Waals surface area contributed by atoms with E-state index in [0.717, 1.165) is 16.9 Å². The summed E-state index contributed by atoms with van der Waals surface area (Å²) in [5.41, 5.74) is 0.113. The molecule has 0 spiro atoms. The Balaban J connectivity index is 1.69. The number of alkyl halides is 3. The van der Waals surface area contributed by atoms with Crippen LogP contribution in [0, 0.1) is 0 Å². The Labute approximate surface area is 169 Å². The van der Waals surface area contributed by atoms with Crippen molar-refractivity contribution < 1.29 is 22.8 Å². The average molecular weight is 418 g/mol. The number of nitrogens with one attached hydrogen (secondary N) is 1. The van der Waals surface area contributed by atoms with Gasteiger partial charge in [-0.3, -0.25) is 9.59 Å². The number of nitrogens with zero attached hydrogens (tertiary/aromatic N) is 5. The van der Waals surface area contributed by atoms with Crippen LogP contribution >= 0.6 is 0 Å². The minimum absolute atomic E-state index is 0.0347. The highest BCUT2D eigenvalue weighted by Crippen LogP contribution is 2.31. The van der Waals surface area contributed by atoms with Gasteiger partial charge in [0.25, 0.3) is 5.91 Å². The largest absolute Gasteiger partial charge is 0.416 e. The Bertz CT molecular complexity index is 1080. The first-order valence-electron chi connectivity index (χ1n) is 8.70. The van der Waals surface area contributed by atoms with Gasteiger partial charge in [-0.25, -0.2) is 0 Å². The summed E-state index contributed by atoms with van der Waals surface area (Å²) in [4.78, 5) is 26.6. The predicted octanol–water partition coefficient (Wildman–Crippen LogP) is 2.70. The maximum Gasteiger partial charge on any atom is 0.416 e. The van der Waals surface area contributed by atoms with Crippen molar-refractivity contribution in [2.45, 2.75) is 12.7 Å². The molecular formula is C19H17F3N6O2. The summed E-state index contributed by atoms with van der Waals surface area (Å²) < 4.78 is 38.6. The fourth-order valence-corrected chi connectivity index (χ4v) is 2.58. The van der Waals surface area contributed by atoms with Gasteiger partial charge < -0.3 is 10.2 Å². The number of aromatic nitrogens is 4. The minimum atomic E-state index is -4.49. The number of benzene rings is 2. The molecule has 30 heavy (non-hydrogen) atoms. The molecule has 0 saturated heterocycles. The molecule has 1 heterocycles. The first-order valence-corrected chi connectivity index (χ1v) is 8.70. The molecule has 11 heteroatoms. The summed E-state index contributed by atoms with van der Waals surface area (Å²) in [6.07, 6.45) is -4.49. The summed E-state index contributed by atoms with van der Waals surface area (Å²) in [6.45, 7) is -0.308. The van der Waals surface area contributed by atoms with Gasteiger partial charge in [0.1, 0.15) is 6.54 Å². The predicted molar refractivity (Wildman–Crippen MR) is 101 cm³/mol. The van der Waals surface area contributed by atoms with E-state index in [0.29, 0.717) is 11.3 Å². The fraction of sp³-hybridized carbons (Fsp3) is 0.211. The van der Waals surface area contributed by atoms with E-state index in [1.165, 1.54) is 23.1 Å². The number of rotatable bonds is 5. The fourth-order valence-electron chi connectivity index (χ4n) is 2.58. The molecule has 0 aliphatic carbocycles. The molecule has 0 fully saturated rings. The quantitative estimate of drug-likeness (QED) is 0.688. The Morgan fingerprint density at radius 3 is 2.53 bits per heavy atom. The molecule has 8 nitrogen and oxygen atoms in total. The van der Waals surface area contributed by atoms with Crippen LogP contribution in [0.3, 0.4) is 0 Å². The Morgan fingerprint density at radius 1 is 1.10 bits per heavy atom. The molecule has 0 radical (unpaired) electrons. The number of anilines is 1. The first kappa shape index (κ1) is 21.0. The number of carbonyl (C=O) groups is 2. The SMILES string of the molecule is CN(C)C(=O)c1cccc(NC(=O)Cn2nnc(-c3cccc(C(F)(F)F)c3)n2)c1. The highest BCUT2D eigenvalue weighted by Gasteiger charge is 2.30. The van der Waals surface area contributed by atoms with E-state index >= 15 is 0 Å². The Morgan fingerprint density at radius 2 is 1.83 bits per heavy atom. The molecule has 0 bridgehead atoms. The minimum Gasteiger partial charge on any atom is -0.345 e. The lowest BCUT2D eigenvalue weighted by molar-refractivity contribution is -0.137. The van der Waals surface area contributed by atoms with Crippen LogP contribution in [-0.2, 0) is 17.5 Å². The topological polar surface area (TPSA) is 93.0 Å². The number of hydrogen-bond donors (Lipinski definition) is 1. The zero-order valence-electron chi connectivity index (χ0n) is 16.0. The van der Waals surface area contributed by atoms with Gasteiger partial charge >= 0.3 is 6.18 Å². The third-order valence-corrected chi connectivity index (χ3v) is 3.99. The van der Waals surface area contributed by atoms with Crippen LogP contribution in [0.25, 0.3) is 11.4 Å². The van der Waals surface area contributed by atoms with E-state index < -0.39 is 17.6 Å². The van der Waals surface area contributed by atoms with Gasteiger partial charge in [0.15, 0.2) is 0 Å². The van der Waals surface area contributed by atoms with Crippen LogP contribution in [0.5, 0.6) is 0 Å². The van der Waals surface area contributed by atoms with E-state index in [1.54, 1.807) is 32.3 Å². The molecule has 1 aromatic heterocycles. The molecule has 0 aliphatic rings. The summed E-state index contributed by atoms with van der Waals surface area (Å²) in [6, 6.07) is 10.9. The van der Waals surface area contributed by atoms with Crippen LogP contribution in [-0.4, -0.2) is 51.0 Å². The van der Waals surface area contributed by atoms with Crippen LogP contribution in [0.1, 0.15) is 15.9 Å². The maximum atomic E-state index is 12.9. The molecular weight excluding hydrogens is 401 g/mol. The van der Waals surface area contributed by atoms with Crippen LogP contribution in [0.4, 0.5) is 18.9 Å². The van der Waals surface area contributed by atoms with E-state index in [4.69, 9.17) is 0 Å². The zero-order chi connectivity index (χ0) is 21.9. The molecule has 0 unspecified atom stereocenters. The molecule has 2 amide bonds. The van der Waals surface area contributed by atoms with E-state index in [1.807, 2.05) is 0 Å². The first-order chi connectivity index (χ1) is 14.1. The van der Waals surface area contributed by atoms with Crippen molar-refractivity contribution in [2.75, 3.05) is 19.4 Å². The van der Waals surface area contributed by atoms with Crippen LogP contribution in [0.2, 0.25) is 0 Å². The molecule has 1 N–H and O–H groups in total. The lowest BCUT2D eigenvalue weighted by Gasteiger charge is -2.11. The zero-order valence-corrected chi connectivity index (χ0v) is 16.0. The second-order valence-corrected chi connectivity index (χ2v) is 6.55. The van der Waals surface area contributed by atoms with Gasteiger partial charge in [0.2, 0.25) is 11.7 Å². The third-order valence-electron chi connectivity index (χ3n) is 3.99. The molecule has 3 aromatic rings. The van der Waals surface area contributed by atoms with Crippen molar-refractivity contribution in [3.05, 3.63) is 59.7 Å². The smallest absolute Gasteiger partial charge is 0.345 e. The van der Waals surface area contributed by atoms with Gasteiger partial charge in [-0.1, -0.05) is 18.2 Å². The van der Waals surface area contributed by atoms with E-state index in [2.05, 4.69) is 20.7 Å². The average Bonchev–Trinajstić information content (AvgIpc) is 3.15. The Kier molecular flexibility index (Phi) is 5.81. The van der Waals surface area contributed by atoms with Crippen molar-refractivity contribution in [3.63, 3.8) is 0 Å². The highest BCUT2D eigenvalue weighted by molar-refractivity contribution is 5.96. The van der Waals surface area contributed by atoms with Gasteiger partial charge in [0.05, 0.1) is 5.56 Å². The van der Waals surface area contributed by atoms with E-state index in [9.17, 15) is 22.8 Å². The number of tetrazole rings is 1. The molecule has 0 atom stereocenters. The van der Waals surface area contributed by atoms with Gasteiger partial charge in [0, 0.05) is 30.9 Å². The van der Waals surface area contributed by atoms with E-state index in [-0.39, 0.29) is 23.8 Å². The lowest BCUT2D eigenvalue weighted by Crippen LogP contribution is -2.23.